The van der Waals surface area contributed by atoms with E-state index in [0.29, 0.717) is 18.7 Å². The summed E-state index contributed by atoms with van der Waals surface area (Å²) in [6.45, 7) is 1.72. The van der Waals surface area contributed by atoms with Crippen LogP contribution in [0.3, 0.4) is 0 Å². The summed E-state index contributed by atoms with van der Waals surface area (Å²) < 4.78 is 18.3. The maximum absolute atomic E-state index is 13.2. The lowest BCUT2D eigenvalue weighted by atomic mass is 10.1. The predicted molar refractivity (Wildman–Crippen MR) is 99.0 cm³/mol. The Balaban J connectivity index is 1.92. The van der Waals surface area contributed by atoms with E-state index < -0.39 is 5.82 Å². The normalized spacial score (nSPS) is 10.3. The van der Waals surface area contributed by atoms with Gasteiger partial charge in [-0.05, 0) is 42.3 Å². The van der Waals surface area contributed by atoms with Crippen LogP contribution in [0.1, 0.15) is 12.5 Å². The summed E-state index contributed by atoms with van der Waals surface area (Å²) in [6, 6.07) is 11.4. The van der Waals surface area contributed by atoms with E-state index in [4.69, 9.17) is 16.3 Å². The first-order valence-corrected chi connectivity index (χ1v) is 8.40. The fourth-order valence-electron chi connectivity index (χ4n) is 2.35. The molecule has 2 aromatic rings. The zero-order valence-corrected chi connectivity index (χ0v) is 15.3. The van der Waals surface area contributed by atoms with Crippen molar-refractivity contribution < 1.29 is 18.7 Å². The second-order valence-corrected chi connectivity index (χ2v) is 6.12. The van der Waals surface area contributed by atoms with E-state index in [2.05, 4.69) is 5.32 Å². The molecule has 7 heteroatoms. The van der Waals surface area contributed by atoms with Crippen LogP contribution >= 0.6 is 11.6 Å². The zero-order valence-electron chi connectivity index (χ0n) is 14.6. The highest BCUT2D eigenvalue weighted by Gasteiger charge is 2.14. The number of halogens is 2. The van der Waals surface area contributed by atoms with Crippen molar-refractivity contribution in [3.05, 3.63) is 58.9 Å². The molecule has 0 aromatic heterocycles. The van der Waals surface area contributed by atoms with Crippen LogP contribution in [0.15, 0.2) is 42.5 Å². The molecule has 2 amide bonds. The number of ether oxygens (including phenoxy) is 1. The van der Waals surface area contributed by atoms with Gasteiger partial charge in [-0.15, -0.1) is 0 Å². The maximum Gasteiger partial charge on any atom is 0.243 e. The minimum Gasteiger partial charge on any atom is -0.497 e. The van der Waals surface area contributed by atoms with Gasteiger partial charge in [-0.25, -0.2) is 4.39 Å². The highest BCUT2D eigenvalue weighted by atomic mass is 35.5. The molecular weight excluding hydrogens is 359 g/mol. The Hall–Kier alpha value is -2.60. The Morgan fingerprint density at radius 2 is 1.88 bits per heavy atom. The third-order valence-electron chi connectivity index (χ3n) is 3.81. The third-order valence-corrected chi connectivity index (χ3v) is 4.10. The van der Waals surface area contributed by atoms with Gasteiger partial charge in [0.05, 0.1) is 18.7 Å². The predicted octanol–water partition coefficient (Wildman–Crippen LogP) is 3.52. The van der Waals surface area contributed by atoms with Gasteiger partial charge in [0.25, 0.3) is 0 Å². The molecule has 2 aromatic carbocycles. The monoisotopic (exact) mass is 378 g/mol. The van der Waals surface area contributed by atoms with Crippen molar-refractivity contribution in [2.24, 2.45) is 0 Å². The maximum atomic E-state index is 13.2. The lowest BCUT2D eigenvalue weighted by Crippen LogP contribution is -2.38. The van der Waals surface area contributed by atoms with Gasteiger partial charge in [-0.3, -0.25) is 9.59 Å². The van der Waals surface area contributed by atoms with Gasteiger partial charge < -0.3 is 15.0 Å². The largest absolute Gasteiger partial charge is 0.497 e. The number of benzene rings is 2. The SMILES string of the molecule is COc1ccc(CCN(CC(=O)Nc2ccc(F)c(Cl)c2)C(C)=O)cc1. The van der Waals surface area contributed by atoms with Crippen LogP contribution in [0.4, 0.5) is 10.1 Å². The summed E-state index contributed by atoms with van der Waals surface area (Å²) in [5.74, 6) is -0.382. The van der Waals surface area contributed by atoms with Gasteiger partial charge in [-0.1, -0.05) is 23.7 Å². The van der Waals surface area contributed by atoms with E-state index in [1.54, 1.807) is 7.11 Å². The van der Waals surface area contributed by atoms with Gasteiger partial charge in [0.2, 0.25) is 11.8 Å². The molecule has 0 radical (unpaired) electrons. The quantitative estimate of drug-likeness (QED) is 0.802. The Kier molecular flexibility index (Phi) is 6.97. The first-order valence-electron chi connectivity index (χ1n) is 8.02. The molecule has 0 bridgehead atoms. The summed E-state index contributed by atoms with van der Waals surface area (Å²) in [5, 5.41) is 2.53. The summed E-state index contributed by atoms with van der Waals surface area (Å²) in [7, 11) is 1.60. The van der Waals surface area contributed by atoms with Crippen molar-refractivity contribution in [1.82, 2.24) is 4.90 Å². The number of methoxy groups -OCH3 is 1. The summed E-state index contributed by atoms with van der Waals surface area (Å²) in [5.41, 5.74) is 1.41. The van der Waals surface area contributed by atoms with Crippen molar-refractivity contribution in [2.45, 2.75) is 13.3 Å². The fraction of sp³-hybridized carbons (Fsp3) is 0.263. The van der Waals surface area contributed by atoms with E-state index in [9.17, 15) is 14.0 Å². The summed E-state index contributed by atoms with van der Waals surface area (Å²) in [6.07, 6.45) is 0.610. The number of nitrogens with zero attached hydrogens (tertiary/aromatic N) is 1. The molecule has 0 spiro atoms. The van der Waals surface area contributed by atoms with Crippen LogP contribution in [0.5, 0.6) is 5.75 Å². The number of carbonyl (C=O) groups excluding carboxylic acids is 2. The van der Waals surface area contributed by atoms with Crippen LogP contribution in [-0.2, 0) is 16.0 Å². The van der Waals surface area contributed by atoms with Crippen molar-refractivity contribution in [1.29, 1.82) is 0 Å². The van der Waals surface area contributed by atoms with E-state index in [-0.39, 0.29) is 23.4 Å². The van der Waals surface area contributed by atoms with Gasteiger partial charge in [0.1, 0.15) is 11.6 Å². The van der Waals surface area contributed by atoms with Gasteiger partial charge in [0, 0.05) is 19.2 Å². The van der Waals surface area contributed by atoms with Crippen molar-refractivity contribution >= 4 is 29.1 Å². The number of hydrogen-bond donors (Lipinski definition) is 1. The first-order chi connectivity index (χ1) is 12.4. The molecule has 0 saturated heterocycles. The fourth-order valence-corrected chi connectivity index (χ4v) is 2.53. The number of hydrogen-bond acceptors (Lipinski definition) is 3. The minimum atomic E-state index is -0.561. The number of carbonyl (C=O) groups is 2. The highest BCUT2D eigenvalue weighted by molar-refractivity contribution is 6.31. The number of rotatable bonds is 7. The van der Waals surface area contributed by atoms with Gasteiger partial charge >= 0.3 is 0 Å². The molecule has 0 aliphatic rings. The molecule has 0 atom stereocenters. The Labute approximate surface area is 156 Å². The Morgan fingerprint density at radius 3 is 2.46 bits per heavy atom. The van der Waals surface area contributed by atoms with E-state index in [0.717, 1.165) is 11.3 Å². The minimum absolute atomic E-state index is 0.0780. The third kappa shape index (κ3) is 5.74. The molecule has 0 unspecified atom stereocenters. The van der Waals surface area contributed by atoms with E-state index >= 15 is 0 Å². The average Bonchev–Trinajstić information content (AvgIpc) is 2.62. The van der Waals surface area contributed by atoms with Gasteiger partial charge in [-0.2, -0.15) is 0 Å². The molecular formula is C19H20ClFN2O3. The molecule has 0 fully saturated rings. The summed E-state index contributed by atoms with van der Waals surface area (Å²) >= 11 is 5.69. The molecule has 0 saturated carbocycles. The smallest absolute Gasteiger partial charge is 0.243 e. The van der Waals surface area contributed by atoms with E-state index in [1.165, 1.54) is 30.0 Å². The van der Waals surface area contributed by atoms with Crippen LogP contribution in [0, 0.1) is 5.82 Å². The van der Waals surface area contributed by atoms with Crippen LogP contribution in [0.2, 0.25) is 5.02 Å². The van der Waals surface area contributed by atoms with Crippen LogP contribution < -0.4 is 10.1 Å². The number of anilines is 1. The van der Waals surface area contributed by atoms with Crippen LogP contribution in [0.25, 0.3) is 0 Å². The van der Waals surface area contributed by atoms with Crippen LogP contribution in [-0.4, -0.2) is 36.9 Å². The van der Waals surface area contributed by atoms with Crippen molar-refractivity contribution in [2.75, 3.05) is 25.5 Å². The van der Waals surface area contributed by atoms with Gasteiger partial charge in [0.15, 0.2) is 0 Å². The van der Waals surface area contributed by atoms with Crippen molar-refractivity contribution in [3.8, 4) is 5.75 Å². The molecule has 0 aliphatic heterocycles. The van der Waals surface area contributed by atoms with E-state index in [1.807, 2.05) is 24.3 Å². The number of amides is 2. The van der Waals surface area contributed by atoms with Crippen molar-refractivity contribution in [3.63, 3.8) is 0 Å². The summed E-state index contributed by atoms with van der Waals surface area (Å²) in [4.78, 5) is 25.4. The molecule has 138 valence electrons. The second kappa shape index (κ2) is 9.20. The topological polar surface area (TPSA) is 58.6 Å². The molecule has 5 nitrogen and oxygen atoms in total. The molecule has 1 N–H and O–H groups in total. The lowest BCUT2D eigenvalue weighted by molar-refractivity contribution is -0.132. The molecule has 0 aliphatic carbocycles. The standard InChI is InChI=1S/C19H20ClFN2O3/c1-13(24)23(10-9-14-3-6-16(26-2)7-4-14)12-19(25)22-15-5-8-18(21)17(20)11-15/h3-8,11H,9-10,12H2,1-2H3,(H,22,25). The lowest BCUT2D eigenvalue weighted by Gasteiger charge is -2.20. The average molecular weight is 379 g/mol. The first kappa shape index (κ1) is 19.7. The molecule has 0 heterocycles. The highest BCUT2D eigenvalue weighted by Crippen LogP contribution is 2.19. The second-order valence-electron chi connectivity index (χ2n) is 5.72. The zero-order chi connectivity index (χ0) is 19.1. The Morgan fingerprint density at radius 1 is 1.19 bits per heavy atom. The molecule has 26 heavy (non-hydrogen) atoms. The Bertz CT molecular complexity index is 781. The molecule has 2 rings (SSSR count). The number of nitrogens with one attached hydrogen (secondary N) is 1.